The monoisotopic (exact) mass is 387 g/mol. The quantitative estimate of drug-likeness (QED) is 0.550. The largest absolute Gasteiger partial charge is 0.383 e. The number of nitrogens with one attached hydrogen (secondary N) is 3. The van der Waals surface area contributed by atoms with Gasteiger partial charge in [0.2, 0.25) is 11.8 Å². The Bertz CT molecular complexity index is 560. The molecule has 1 aromatic heterocycles. The van der Waals surface area contributed by atoms with E-state index in [9.17, 15) is 9.59 Å². The molecule has 3 N–H and O–H groups in total. The molecule has 0 spiro atoms. The molecule has 0 saturated carbocycles. The van der Waals surface area contributed by atoms with Crippen molar-refractivity contribution < 1.29 is 14.3 Å². The predicted octanol–water partition coefficient (Wildman–Crippen LogP) is 1.03. The number of hydrogen-bond acceptors (Lipinski definition) is 5. The topological polar surface area (TPSA) is 97.3 Å². The van der Waals surface area contributed by atoms with E-state index in [1.54, 1.807) is 19.5 Å². The average Bonchev–Trinajstić information content (AvgIpc) is 3.02. The zero-order valence-electron chi connectivity index (χ0n) is 15.5. The number of amides is 2. The van der Waals surface area contributed by atoms with Crippen LogP contribution in [0.25, 0.3) is 0 Å². The molecule has 2 amide bonds. The molecule has 0 aromatic carbocycles. The van der Waals surface area contributed by atoms with E-state index < -0.39 is 0 Å². The molecule has 1 fully saturated rings. The van der Waals surface area contributed by atoms with E-state index in [2.05, 4.69) is 28.0 Å². The van der Waals surface area contributed by atoms with Gasteiger partial charge in [-0.1, -0.05) is 6.92 Å². The SMILES string of the molecule is COCCNC(=O)Cn1cc(NC(=O)CC(C)C2CCNCC2)cn1.Cl. The average molecular weight is 388 g/mol. The number of nitrogens with zero attached hydrogens (tertiary/aromatic N) is 2. The minimum Gasteiger partial charge on any atom is -0.383 e. The first-order valence-electron chi connectivity index (χ1n) is 8.87. The Kier molecular flexibility index (Phi) is 10.2. The minimum absolute atomic E-state index is 0. The number of aromatic nitrogens is 2. The van der Waals surface area contributed by atoms with E-state index in [1.165, 1.54) is 4.68 Å². The van der Waals surface area contributed by atoms with Crippen LogP contribution in [0.1, 0.15) is 26.2 Å². The Labute approximate surface area is 160 Å². The van der Waals surface area contributed by atoms with E-state index in [4.69, 9.17) is 4.74 Å². The number of carbonyl (C=O) groups is 2. The molecule has 148 valence electrons. The highest BCUT2D eigenvalue weighted by Gasteiger charge is 2.22. The molecule has 2 heterocycles. The highest BCUT2D eigenvalue weighted by atomic mass is 35.5. The number of halogens is 1. The Morgan fingerprint density at radius 3 is 2.81 bits per heavy atom. The molecule has 9 heteroatoms. The summed E-state index contributed by atoms with van der Waals surface area (Å²) in [5, 5.41) is 13.0. The first-order chi connectivity index (χ1) is 12.1. The highest BCUT2D eigenvalue weighted by molar-refractivity contribution is 5.90. The maximum atomic E-state index is 12.2. The molecular formula is C17H30ClN5O3. The summed E-state index contributed by atoms with van der Waals surface area (Å²) in [6.07, 6.45) is 6.00. The van der Waals surface area contributed by atoms with Crippen LogP contribution in [0.4, 0.5) is 5.69 Å². The smallest absolute Gasteiger partial charge is 0.241 e. The Morgan fingerprint density at radius 2 is 2.12 bits per heavy atom. The highest BCUT2D eigenvalue weighted by Crippen LogP contribution is 2.24. The van der Waals surface area contributed by atoms with Gasteiger partial charge in [0.05, 0.1) is 18.5 Å². The van der Waals surface area contributed by atoms with Crippen molar-refractivity contribution in [3.05, 3.63) is 12.4 Å². The summed E-state index contributed by atoms with van der Waals surface area (Å²) in [5.41, 5.74) is 0.618. The zero-order valence-corrected chi connectivity index (χ0v) is 16.3. The Balaban J connectivity index is 0.00000338. The van der Waals surface area contributed by atoms with E-state index in [-0.39, 0.29) is 30.8 Å². The number of ether oxygens (including phenoxy) is 1. The molecule has 1 saturated heterocycles. The van der Waals surface area contributed by atoms with Gasteiger partial charge in [-0.3, -0.25) is 14.3 Å². The van der Waals surface area contributed by atoms with Gasteiger partial charge in [0.1, 0.15) is 6.54 Å². The molecule has 26 heavy (non-hydrogen) atoms. The molecule has 1 aliphatic rings. The van der Waals surface area contributed by atoms with E-state index in [1.807, 2.05) is 0 Å². The summed E-state index contributed by atoms with van der Waals surface area (Å²) < 4.78 is 6.39. The third-order valence-electron chi connectivity index (χ3n) is 4.55. The fourth-order valence-corrected chi connectivity index (χ4v) is 3.09. The van der Waals surface area contributed by atoms with Crippen LogP contribution in [-0.2, 0) is 20.9 Å². The van der Waals surface area contributed by atoms with E-state index >= 15 is 0 Å². The van der Waals surface area contributed by atoms with E-state index in [0.717, 1.165) is 25.9 Å². The Morgan fingerprint density at radius 1 is 1.38 bits per heavy atom. The van der Waals surface area contributed by atoms with Gasteiger partial charge >= 0.3 is 0 Å². The summed E-state index contributed by atoms with van der Waals surface area (Å²) in [6, 6.07) is 0. The van der Waals surface area contributed by atoms with Crippen LogP contribution < -0.4 is 16.0 Å². The van der Waals surface area contributed by atoms with Gasteiger partial charge in [0, 0.05) is 26.3 Å². The summed E-state index contributed by atoms with van der Waals surface area (Å²) >= 11 is 0. The molecule has 1 unspecified atom stereocenters. The first kappa shape index (κ1) is 22.4. The second-order valence-corrected chi connectivity index (χ2v) is 6.59. The maximum absolute atomic E-state index is 12.2. The number of anilines is 1. The molecule has 1 atom stereocenters. The van der Waals surface area contributed by atoms with Gasteiger partial charge < -0.3 is 20.7 Å². The van der Waals surface area contributed by atoms with Crippen molar-refractivity contribution >= 4 is 29.9 Å². The molecule has 2 rings (SSSR count). The van der Waals surface area contributed by atoms with Crippen molar-refractivity contribution in [2.24, 2.45) is 11.8 Å². The molecular weight excluding hydrogens is 358 g/mol. The number of hydrogen-bond donors (Lipinski definition) is 3. The van der Waals surface area contributed by atoms with Gasteiger partial charge in [-0.15, -0.1) is 12.4 Å². The predicted molar refractivity (Wildman–Crippen MR) is 102 cm³/mol. The molecule has 1 aromatic rings. The maximum Gasteiger partial charge on any atom is 0.241 e. The van der Waals surface area contributed by atoms with Crippen molar-refractivity contribution in [2.45, 2.75) is 32.7 Å². The van der Waals surface area contributed by atoms with Gasteiger partial charge in [-0.25, -0.2) is 0 Å². The molecule has 8 nitrogen and oxygen atoms in total. The second kappa shape index (κ2) is 11.9. The van der Waals surface area contributed by atoms with Crippen molar-refractivity contribution in [3.8, 4) is 0 Å². The second-order valence-electron chi connectivity index (χ2n) is 6.59. The van der Waals surface area contributed by atoms with Crippen LogP contribution in [0.3, 0.4) is 0 Å². The number of rotatable bonds is 9. The van der Waals surface area contributed by atoms with Crippen molar-refractivity contribution in [2.75, 3.05) is 38.7 Å². The minimum atomic E-state index is -0.141. The van der Waals surface area contributed by atoms with Crippen molar-refractivity contribution in [1.29, 1.82) is 0 Å². The van der Waals surface area contributed by atoms with Gasteiger partial charge in [-0.05, 0) is 37.8 Å². The first-order valence-corrected chi connectivity index (χ1v) is 8.87. The van der Waals surface area contributed by atoms with Crippen molar-refractivity contribution in [1.82, 2.24) is 20.4 Å². The van der Waals surface area contributed by atoms with Gasteiger partial charge in [-0.2, -0.15) is 5.10 Å². The van der Waals surface area contributed by atoms with Crippen LogP contribution in [0.2, 0.25) is 0 Å². The summed E-state index contributed by atoms with van der Waals surface area (Å²) in [6.45, 7) is 5.27. The number of carbonyl (C=O) groups excluding carboxylic acids is 2. The fraction of sp³-hybridized carbons (Fsp3) is 0.706. The summed E-state index contributed by atoms with van der Waals surface area (Å²) in [5.74, 6) is 0.821. The normalized spacial score (nSPS) is 15.8. The fourth-order valence-electron chi connectivity index (χ4n) is 3.09. The Hall–Kier alpha value is -1.64. The number of methoxy groups -OCH3 is 1. The van der Waals surface area contributed by atoms with Crippen LogP contribution >= 0.6 is 12.4 Å². The third-order valence-corrected chi connectivity index (χ3v) is 4.55. The van der Waals surface area contributed by atoms with Crippen LogP contribution in [0.5, 0.6) is 0 Å². The molecule has 0 bridgehead atoms. The van der Waals surface area contributed by atoms with Gasteiger partial charge in [0.25, 0.3) is 0 Å². The zero-order chi connectivity index (χ0) is 18.1. The summed E-state index contributed by atoms with van der Waals surface area (Å²) in [4.78, 5) is 23.9. The lowest BCUT2D eigenvalue weighted by molar-refractivity contribution is -0.122. The standard InChI is InChI=1S/C17H29N5O3.ClH/c1-13(14-3-5-18-6-4-14)9-16(23)21-15-10-20-22(11-15)12-17(24)19-7-8-25-2;/h10-11,13-14,18H,3-9,12H2,1-2H3,(H,19,24)(H,21,23);1H. The molecule has 1 aliphatic heterocycles. The van der Waals surface area contributed by atoms with Gasteiger partial charge in [0.15, 0.2) is 0 Å². The lowest BCUT2D eigenvalue weighted by Gasteiger charge is -2.27. The van der Waals surface area contributed by atoms with Crippen LogP contribution in [0, 0.1) is 11.8 Å². The molecule has 0 radical (unpaired) electrons. The lowest BCUT2D eigenvalue weighted by atomic mass is 9.84. The van der Waals surface area contributed by atoms with E-state index in [0.29, 0.717) is 37.1 Å². The van der Waals surface area contributed by atoms with Crippen LogP contribution in [-0.4, -0.2) is 54.9 Å². The lowest BCUT2D eigenvalue weighted by Crippen LogP contribution is -2.32. The summed E-state index contributed by atoms with van der Waals surface area (Å²) in [7, 11) is 1.58. The van der Waals surface area contributed by atoms with Crippen LogP contribution in [0.15, 0.2) is 12.4 Å². The molecule has 0 aliphatic carbocycles. The van der Waals surface area contributed by atoms with Crippen molar-refractivity contribution in [3.63, 3.8) is 0 Å². The number of piperidine rings is 1. The third kappa shape index (κ3) is 7.72.